The molecule has 1 atom stereocenters. The highest BCUT2D eigenvalue weighted by Crippen LogP contribution is 2.33. The summed E-state index contributed by atoms with van der Waals surface area (Å²) in [5.41, 5.74) is 1.09. The Hall–Kier alpha value is -3.47. The average molecular weight is 639 g/mol. The molecular weight excluding hydrogens is 610 g/mol. The van der Waals surface area contributed by atoms with Crippen molar-refractivity contribution in [3.63, 3.8) is 0 Å². The fraction of sp³-hybridized carbons (Fsp3) is 0.267. The molecule has 0 aliphatic rings. The fourth-order valence-electron chi connectivity index (χ4n) is 4.13. The second-order valence-corrected chi connectivity index (χ2v) is 12.0. The molecule has 0 saturated carbocycles. The van der Waals surface area contributed by atoms with Crippen LogP contribution in [0, 0.1) is 24.4 Å². The molecule has 4 rings (SSSR count). The van der Waals surface area contributed by atoms with Crippen molar-refractivity contribution in [1.82, 2.24) is 9.88 Å². The summed E-state index contributed by atoms with van der Waals surface area (Å²) in [5.74, 6) is -1.68. The van der Waals surface area contributed by atoms with Crippen molar-refractivity contribution in [1.29, 1.82) is 0 Å². The number of nitrogens with zero attached hydrogens (tertiary/aromatic N) is 2. The molecule has 1 heterocycles. The Labute approximate surface area is 255 Å². The van der Waals surface area contributed by atoms with Gasteiger partial charge in [0, 0.05) is 28.6 Å². The zero-order valence-corrected chi connectivity index (χ0v) is 25.7. The first-order valence-electron chi connectivity index (χ1n) is 12.7. The molecule has 4 aromatic rings. The van der Waals surface area contributed by atoms with E-state index in [1.54, 1.807) is 61.9 Å². The van der Waals surface area contributed by atoms with Gasteiger partial charge in [-0.2, -0.15) is 0 Å². The van der Waals surface area contributed by atoms with E-state index in [4.69, 9.17) is 37.7 Å². The third-order valence-electron chi connectivity index (χ3n) is 6.08. The molecule has 1 amide bonds. The van der Waals surface area contributed by atoms with Crippen molar-refractivity contribution in [2.75, 3.05) is 7.11 Å². The summed E-state index contributed by atoms with van der Waals surface area (Å²) in [4.78, 5) is 18.1. The molecule has 0 aliphatic carbocycles. The SMILES string of the molecule is COc1cc(N=c2scc(-c3cc(C)c(F)cc3Cl)n2CC(NC(=O)OC(C)(C)C)c2ccc(F)cc2F)ccc1Cl. The molecule has 42 heavy (non-hydrogen) atoms. The van der Waals surface area contributed by atoms with Gasteiger partial charge in [0.1, 0.15) is 28.8 Å². The molecule has 6 nitrogen and oxygen atoms in total. The molecule has 0 fully saturated rings. The standard InChI is InChI=1S/C30H28Cl2F3N3O3S/c1-16-10-20(22(32)13-23(16)34)26-15-42-28(36-18-7-9-21(31)27(12-18)40-5)38(26)14-25(37-29(39)41-30(2,3)4)19-8-6-17(33)11-24(19)35/h6-13,15,25H,14H2,1-5H3,(H,37,39). The number of carbonyl (C=O) groups excluding carboxylic acids is 1. The van der Waals surface area contributed by atoms with Crippen LogP contribution in [0.5, 0.6) is 5.75 Å². The Morgan fingerprint density at radius 2 is 1.79 bits per heavy atom. The quantitative estimate of drug-likeness (QED) is 0.220. The van der Waals surface area contributed by atoms with Gasteiger partial charge in [0.05, 0.1) is 41.1 Å². The van der Waals surface area contributed by atoms with Crippen molar-refractivity contribution in [2.45, 2.75) is 45.9 Å². The molecule has 3 aromatic carbocycles. The van der Waals surface area contributed by atoms with E-state index in [9.17, 15) is 13.6 Å². The van der Waals surface area contributed by atoms with Crippen LogP contribution in [-0.4, -0.2) is 23.4 Å². The summed E-state index contributed by atoms with van der Waals surface area (Å²) in [5, 5.41) is 5.03. The third kappa shape index (κ3) is 7.48. The molecule has 1 aromatic heterocycles. The fourth-order valence-corrected chi connectivity index (χ4v) is 5.50. The van der Waals surface area contributed by atoms with Gasteiger partial charge in [-0.25, -0.2) is 23.0 Å². The van der Waals surface area contributed by atoms with Gasteiger partial charge in [-0.05, 0) is 63.6 Å². The summed E-state index contributed by atoms with van der Waals surface area (Å²) in [6.07, 6.45) is -0.801. The number of carbonyl (C=O) groups is 1. The zero-order chi connectivity index (χ0) is 30.8. The summed E-state index contributed by atoms with van der Waals surface area (Å²) < 4.78 is 55.7. The van der Waals surface area contributed by atoms with Crippen molar-refractivity contribution >= 4 is 46.3 Å². The van der Waals surface area contributed by atoms with Crippen LogP contribution in [0.15, 0.2) is 58.9 Å². The third-order valence-corrected chi connectivity index (χ3v) is 7.56. The minimum absolute atomic E-state index is 0.0207. The van der Waals surface area contributed by atoms with Crippen LogP contribution in [0.2, 0.25) is 10.0 Å². The highest BCUT2D eigenvalue weighted by molar-refractivity contribution is 7.07. The van der Waals surface area contributed by atoms with Gasteiger partial charge in [0.15, 0.2) is 4.80 Å². The summed E-state index contributed by atoms with van der Waals surface area (Å²) in [6.45, 7) is 6.63. The molecule has 0 saturated heterocycles. The zero-order valence-electron chi connectivity index (χ0n) is 23.4. The Bertz CT molecular complexity index is 1700. The smallest absolute Gasteiger partial charge is 0.408 e. The lowest BCUT2D eigenvalue weighted by molar-refractivity contribution is 0.0497. The Balaban J connectivity index is 1.91. The van der Waals surface area contributed by atoms with E-state index in [1.807, 2.05) is 0 Å². The number of aryl methyl sites for hydroxylation is 1. The molecule has 222 valence electrons. The molecule has 0 aliphatic heterocycles. The largest absolute Gasteiger partial charge is 0.495 e. The molecule has 0 radical (unpaired) electrons. The maximum Gasteiger partial charge on any atom is 0.408 e. The van der Waals surface area contributed by atoms with Crippen molar-refractivity contribution in [3.05, 3.63) is 97.3 Å². The van der Waals surface area contributed by atoms with Crippen LogP contribution >= 0.6 is 34.5 Å². The number of ether oxygens (including phenoxy) is 2. The van der Waals surface area contributed by atoms with E-state index in [0.717, 1.165) is 12.1 Å². The van der Waals surface area contributed by atoms with Gasteiger partial charge < -0.3 is 19.4 Å². The average Bonchev–Trinajstić information content (AvgIpc) is 3.27. The summed E-state index contributed by atoms with van der Waals surface area (Å²) in [7, 11) is 1.48. The number of amides is 1. The van der Waals surface area contributed by atoms with E-state index in [2.05, 4.69) is 5.32 Å². The first-order chi connectivity index (χ1) is 19.8. The van der Waals surface area contributed by atoms with Crippen LogP contribution in [0.4, 0.5) is 23.7 Å². The number of hydrogen-bond donors (Lipinski definition) is 1. The second kappa shape index (κ2) is 12.8. The lowest BCUT2D eigenvalue weighted by Crippen LogP contribution is -2.38. The predicted molar refractivity (Wildman–Crippen MR) is 159 cm³/mol. The molecule has 1 N–H and O–H groups in total. The van der Waals surface area contributed by atoms with Gasteiger partial charge in [0.25, 0.3) is 0 Å². The maximum absolute atomic E-state index is 15.1. The molecule has 12 heteroatoms. The van der Waals surface area contributed by atoms with Crippen molar-refractivity contribution < 1.29 is 27.4 Å². The highest BCUT2D eigenvalue weighted by Gasteiger charge is 2.25. The van der Waals surface area contributed by atoms with E-state index in [-0.39, 0.29) is 17.1 Å². The first kappa shape index (κ1) is 31.5. The van der Waals surface area contributed by atoms with E-state index < -0.39 is 35.2 Å². The number of methoxy groups -OCH3 is 1. The molecule has 0 spiro atoms. The maximum atomic E-state index is 15.1. The van der Waals surface area contributed by atoms with Crippen molar-refractivity contribution in [3.8, 4) is 17.0 Å². The first-order valence-corrected chi connectivity index (χ1v) is 14.4. The molecule has 1 unspecified atom stereocenters. The Kier molecular flexibility index (Phi) is 9.60. The van der Waals surface area contributed by atoms with E-state index in [1.165, 1.54) is 30.6 Å². The molecule has 0 bridgehead atoms. The number of hydrogen-bond acceptors (Lipinski definition) is 5. The number of thiazole rings is 1. The number of benzene rings is 3. The number of nitrogens with one attached hydrogen (secondary N) is 1. The normalized spacial score (nSPS) is 12.8. The van der Waals surface area contributed by atoms with Crippen LogP contribution in [0.25, 0.3) is 11.3 Å². The monoisotopic (exact) mass is 637 g/mol. The lowest BCUT2D eigenvalue weighted by Gasteiger charge is -2.25. The predicted octanol–water partition coefficient (Wildman–Crippen LogP) is 8.76. The van der Waals surface area contributed by atoms with Gasteiger partial charge >= 0.3 is 6.09 Å². The minimum Gasteiger partial charge on any atom is -0.495 e. The number of aromatic nitrogens is 1. The van der Waals surface area contributed by atoms with Gasteiger partial charge in [-0.3, -0.25) is 0 Å². The van der Waals surface area contributed by atoms with Crippen LogP contribution in [0.1, 0.15) is 37.9 Å². The van der Waals surface area contributed by atoms with E-state index in [0.29, 0.717) is 38.1 Å². The van der Waals surface area contributed by atoms with Gasteiger partial charge in [-0.15, -0.1) is 11.3 Å². The molecular formula is C30H28Cl2F3N3O3S. The van der Waals surface area contributed by atoms with E-state index >= 15 is 4.39 Å². The van der Waals surface area contributed by atoms with Gasteiger partial charge in [0.2, 0.25) is 0 Å². The Morgan fingerprint density at radius 3 is 2.45 bits per heavy atom. The second-order valence-electron chi connectivity index (χ2n) is 10.4. The van der Waals surface area contributed by atoms with Gasteiger partial charge in [-0.1, -0.05) is 29.3 Å². The van der Waals surface area contributed by atoms with Crippen LogP contribution < -0.4 is 14.9 Å². The number of halogens is 5. The van der Waals surface area contributed by atoms with Crippen molar-refractivity contribution in [2.24, 2.45) is 4.99 Å². The summed E-state index contributed by atoms with van der Waals surface area (Å²) in [6, 6.07) is 9.86. The highest BCUT2D eigenvalue weighted by atomic mass is 35.5. The van der Waals surface area contributed by atoms with Crippen LogP contribution in [-0.2, 0) is 11.3 Å². The number of alkyl carbamates (subject to hydrolysis) is 1. The summed E-state index contributed by atoms with van der Waals surface area (Å²) >= 11 is 13.9. The number of rotatable bonds is 7. The Morgan fingerprint density at radius 1 is 1.05 bits per heavy atom. The lowest BCUT2D eigenvalue weighted by atomic mass is 10.0. The van der Waals surface area contributed by atoms with Crippen LogP contribution in [0.3, 0.4) is 0 Å². The minimum atomic E-state index is -1.03. The topological polar surface area (TPSA) is 64.8 Å².